The van der Waals surface area contributed by atoms with Crippen molar-refractivity contribution in [3.05, 3.63) is 50.4 Å². The number of hydrogen-bond acceptors (Lipinski definition) is 5. The SMILES string of the molecule is COc1cc(OC)c(C=NNC(=O)CCC(=O)Nc2ccc(Cl)cc2Cl)cc1Br. The van der Waals surface area contributed by atoms with E-state index in [9.17, 15) is 9.59 Å². The molecule has 0 radical (unpaired) electrons. The summed E-state index contributed by atoms with van der Waals surface area (Å²) in [5, 5.41) is 7.31. The molecule has 0 aliphatic rings. The smallest absolute Gasteiger partial charge is 0.240 e. The summed E-state index contributed by atoms with van der Waals surface area (Å²) in [5.41, 5.74) is 3.44. The molecule has 0 spiro atoms. The third-order valence-corrected chi connectivity index (χ3v) is 4.85. The third kappa shape index (κ3) is 6.92. The summed E-state index contributed by atoms with van der Waals surface area (Å²) in [4.78, 5) is 23.9. The maximum absolute atomic E-state index is 12.0. The highest BCUT2D eigenvalue weighted by Gasteiger charge is 2.10. The van der Waals surface area contributed by atoms with Crippen LogP contribution in [0.5, 0.6) is 11.5 Å². The lowest BCUT2D eigenvalue weighted by Crippen LogP contribution is -2.20. The molecule has 2 aromatic rings. The average molecular weight is 503 g/mol. The number of anilines is 1. The van der Waals surface area contributed by atoms with Crippen LogP contribution in [0.25, 0.3) is 0 Å². The predicted molar refractivity (Wildman–Crippen MR) is 117 cm³/mol. The molecule has 2 aromatic carbocycles. The van der Waals surface area contributed by atoms with E-state index in [-0.39, 0.29) is 18.7 Å². The number of nitrogens with zero attached hydrogens (tertiary/aromatic N) is 1. The second-order valence-electron chi connectivity index (χ2n) is 5.69. The molecule has 10 heteroatoms. The van der Waals surface area contributed by atoms with Crippen molar-refractivity contribution in [2.75, 3.05) is 19.5 Å². The number of carbonyl (C=O) groups excluding carboxylic acids is 2. The van der Waals surface area contributed by atoms with Crippen LogP contribution in [0.2, 0.25) is 10.0 Å². The number of carbonyl (C=O) groups is 2. The van der Waals surface area contributed by atoms with Gasteiger partial charge in [-0.25, -0.2) is 5.43 Å². The Morgan fingerprint density at radius 3 is 2.41 bits per heavy atom. The Hall–Kier alpha value is -2.29. The van der Waals surface area contributed by atoms with Crippen molar-refractivity contribution in [3.63, 3.8) is 0 Å². The minimum absolute atomic E-state index is 0.0300. The molecule has 2 rings (SSSR count). The Labute approximate surface area is 186 Å². The van der Waals surface area contributed by atoms with Crippen LogP contribution >= 0.6 is 39.1 Å². The molecule has 0 unspecified atom stereocenters. The molecule has 0 atom stereocenters. The first kappa shape index (κ1) is 23.0. The number of amides is 2. The second kappa shape index (κ2) is 11.0. The normalized spacial score (nSPS) is 10.7. The summed E-state index contributed by atoms with van der Waals surface area (Å²) in [6.45, 7) is 0. The largest absolute Gasteiger partial charge is 0.496 e. The highest BCUT2D eigenvalue weighted by atomic mass is 79.9. The lowest BCUT2D eigenvalue weighted by atomic mass is 10.2. The Bertz CT molecular complexity index is 938. The van der Waals surface area contributed by atoms with E-state index in [1.165, 1.54) is 19.4 Å². The van der Waals surface area contributed by atoms with Gasteiger partial charge in [-0.15, -0.1) is 0 Å². The molecule has 0 heterocycles. The Kier molecular flexibility index (Phi) is 8.75. The van der Waals surface area contributed by atoms with Gasteiger partial charge in [0.1, 0.15) is 11.5 Å². The number of hydrogen-bond donors (Lipinski definition) is 2. The van der Waals surface area contributed by atoms with Crippen LogP contribution in [-0.4, -0.2) is 32.2 Å². The molecule has 29 heavy (non-hydrogen) atoms. The summed E-state index contributed by atoms with van der Waals surface area (Å²) in [6.07, 6.45) is 1.37. The van der Waals surface area contributed by atoms with Crippen LogP contribution < -0.4 is 20.2 Å². The molecule has 0 saturated carbocycles. The van der Waals surface area contributed by atoms with Gasteiger partial charge in [0.25, 0.3) is 0 Å². The van der Waals surface area contributed by atoms with E-state index in [2.05, 4.69) is 31.8 Å². The molecule has 0 aliphatic heterocycles. The van der Waals surface area contributed by atoms with Gasteiger partial charge in [-0.1, -0.05) is 23.2 Å². The topological polar surface area (TPSA) is 89.0 Å². The molecular formula is C19H18BrCl2N3O4. The molecule has 0 aromatic heterocycles. The predicted octanol–water partition coefficient (Wildman–Crippen LogP) is 4.64. The van der Waals surface area contributed by atoms with Crippen LogP contribution in [0.15, 0.2) is 39.9 Å². The zero-order valence-corrected chi connectivity index (χ0v) is 18.7. The standard InChI is InChI=1S/C19H18BrCl2N3O4/c1-28-16-9-17(29-2)13(20)7-11(16)10-23-25-19(27)6-5-18(26)24-15-4-3-12(21)8-14(15)22/h3-4,7-10H,5-6H2,1-2H3,(H,24,26)(H,25,27). The van der Waals surface area contributed by atoms with Gasteiger partial charge >= 0.3 is 0 Å². The molecule has 0 saturated heterocycles. The maximum Gasteiger partial charge on any atom is 0.240 e. The molecule has 0 fully saturated rings. The molecule has 0 aliphatic carbocycles. The maximum atomic E-state index is 12.0. The van der Waals surface area contributed by atoms with Gasteiger partial charge in [0.2, 0.25) is 11.8 Å². The quantitative estimate of drug-likeness (QED) is 0.406. The van der Waals surface area contributed by atoms with Gasteiger partial charge < -0.3 is 14.8 Å². The van der Waals surface area contributed by atoms with E-state index in [0.717, 1.165) is 0 Å². The minimum atomic E-state index is -0.412. The fraction of sp³-hybridized carbons (Fsp3) is 0.211. The molecular weight excluding hydrogens is 485 g/mol. The summed E-state index contributed by atoms with van der Waals surface area (Å²) in [5.74, 6) is 0.372. The van der Waals surface area contributed by atoms with Crippen LogP contribution in [-0.2, 0) is 9.59 Å². The van der Waals surface area contributed by atoms with Gasteiger partial charge in [-0.2, -0.15) is 5.10 Å². The van der Waals surface area contributed by atoms with Crippen LogP contribution in [0.4, 0.5) is 5.69 Å². The van der Waals surface area contributed by atoms with Crippen LogP contribution in [0.1, 0.15) is 18.4 Å². The first-order chi connectivity index (χ1) is 13.8. The number of benzene rings is 2. The first-order valence-corrected chi connectivity index (χ1v) is 9.87. The highest BCUT2D eigenvalue weighted by molar-refractivity contribution is 9.10. The van der Waals surface area contributed by atoms with Crippen molar-refractivity contribution in [2.45, 2.75) is 12.8 Å². The number of halogens is 3. The van der Waals surface area contributed by atoms with Crippen molar-refractivity contribution in [2.24, 2.45) is 5.10 Å². The Balaban J connectivity index is 1.86. The third-order valence-electron chi connectivity index (χ3n) is 3.68. The molecule has 7 nitrogen and oxygen atoms in total. The Morgan fingerprint density at radius 1 is 1.07 bits per heavy atom. The average Bonchev–Trinajstić information content (AvgIpc) is 2.68. The van der Waals surface area contributed by atoms with Crippen molar-refractivity contribution >= 4 is 62.8 Å². The van der Waals surface area contributed by atoms with E-state index in [1.54, 1.807) is 31.4 Å². The fourth-order valence-corrected chi connectivity index (χ4v) is 3.22. The van der Waals surface area contributed by atoms with Crippen LogP contribution in [0, 0.1) is 0 Å². The van der Waals surface area contributed by atoms with Gasteiger partial charge in [0, 0.05) is 29.5 Å². The van der Waals surface area contributed by atoms with Gasteiger partial charge in [-0.05, 0) is 40.2 Å². The van der Waals surface area contributed by atoms with Crippen molar-refractivity contribution in [1.82, 2.24) is 5.43 Å². The van der Waals surface area contributed by atoms with Gasteiger partial charge in [-0.3, -0.25) is 9.59 Å². The minimum Gasteiger partial charge on any atom is -0.496 e. The molecule has 0 bridgehead atoms. The van der Waals surface area contributed by atoms with E-state index >= 15 is 0 Å². The zero-order chi connectivity index (χ0) is 21.4. The lowest BCUT2D eigenvalue weighted by molar-refractivity contribution is -0.124. The number of methoxy groups -OCH3 is 2. The van der Waals surface area contributed by atoms with E-state index in [0.29, 0.717) is 37.3 Å². The second-order valence-corrected chi connectivity index (χ2v) is 7.39. The van der Waals surface area contributed by atoms with Gasteiger partial charge in [0.05, 0.1) is 35.6 Å². The summed E-state index contributed by atoms with van der Waals surface area (Å²) in [6, 6.07) is 8.16. The molecule has 2 N–H and O–H groups in total. The van der Waals surface area contributed by atoms with E-state index < -0.39 is 5.91 Å². The monoisotopic (exact) mass is 501 g/mol. The lowest BCUT2D eigenvalue weighted by Gasteiger charge is -2.09. The number of ether oxygens (including phenoxy) is 2. The van der Waals surface area contributed by atoms with Crippen molar-refractivity contribution in [1.29, 1.82) is 0 Å². The first-order valence-electron chi connectivity index (χ1n) is 8.32. The Morgan fingerprint density at radius 2 is 1.76 bits per heavy atom. The van der Waals surface area contributed by atoms with E-state index in [4.69, 9.17) is 32.7 Å². The number of hydrazone groups is 1. The van der Waals surface area contributed by atoms with Gasteiger partial charge in [0.15, 0.2) is 0 Å². The molecule has 154 valence electrons. The number of rotatable bonds is 8. The molecule has 2 amide bonds. The summed E-state index contributed by atoms with van der Waals surface area (Å²) >= 11 is 15.2. The highest BCUT2D eigenvalue weighted by Crippen LogP contribution is 2.32. The number of nitrogens with one attached hydrogen (secondary N) is 2. The van der Waals surface area contributed by atoms with Crippen molar-refractivity contribution in [3.8, 4) is 11.5 Å². The van der Waals surface area contributed by atoms with Crippen molar-refractivity contribution < 1.29 is 19.1 Å². The van der Waals surface area contributed by atoms with E-state index in [1.807, 2.05) is 0 Å². The van der Waals surface area contributed by atoms with Crippen LogP contribution in [0.3, 0.4) is 0 Å². The summed E-state index contributed by atoms with van der Waals surface area (Å²) < 4.78 is 11.2. The summed E-state index contributed by atoms with van der Waals surface area (Å²) in [7, 11) is 3.06. The zero-order valence-electron chi connectivity index (χ0n) is 15.6. The fourth-order valence-electron chi connectivity index (χ4n) is 2.24.